The summed E-state index contributed by atoms with van der Waals surface area (Å²) in [6, 6.07) is 9.59. The summed E-state index contributed by atoms with van der Waals surface area (Å²) >= 11 is 0. The van der Waals surface area contributed by atoms with Crippen LogP contribution in [0.1, 0.15) is 39.2 Å². The van der Waals surface area contributed by atoms with Crippen molar-refractivity contribution < 1.29 is 14.3 Å². The van der Waals surface area contributed by atoms with Crippen molar-refractivity contribution in [3.63, 3.8) is 0 Å². The Hall–Kier alpha value is -2.28. The van der Waals surface area contributed by atoms with Crippen molar-refractivity contribution in [1.82, 2.24) is 4.90 Å². The van der Waals surface area contributed by atoms with Crippen molar-refractivity contribution in [3.8, 4) is 11.8 Å². The van der Waals surface area contributed by atoms with E-state index in [0.717, 1.165) is 11.8 Å². The first-order chi connectivity index (χ1) is 10.4. The second-order valence-electron chi connectivity index (χ2n) is 5.88. The molecule has 0 radical (unpaired) electrons. The lowest BCUT2D eigenvalue weighted by atomic mass is 10.2. The van der Waals surface area contributed by atoms with Gasteiger partial charge in [0.25, 0.3) is 0 Å². The van der Waals surface area contributed by atoms with Gasteiger partial charge in [-0.15, -0.1) is 0 Å². The predicted molar refractivity (Wildman–Crippen MR) is 86.4 cm³/mol. The molecular formula is C18H23NO3. The zero-order chi connectivity index (χ0) is 16.4. The van der Waals surface area contributed by atoms with Gasteiger partial charge in [-0.25, -0.2) is 4.79 Å². The number of amides is 1. The van der Waals surface area contributed by atoms with Gasteiger partial charge in [0.2, 0.25) is 0 Å². The van der Waals surface area contributed by atoms with Gasteiger partial charge in [-0.3, -0.25) is 4.90 Å². The fourth-order valence-corrected chi connectivity index (χ4v) is 1.69. The van der Waals surface area contributed by atoms with Gasteiger partial charge >= 0.3 is 6.09 Å². The Labute approximate surface area is 132 Å². The second kappa shape index (κ2) is 8.89. The van der Waals surface area contributed by atoms with E-state index in [1.807, 2.05) is 51.1 Å². The van der Waals surface area contributed by atoms with Crippen LogP contribution in [-0.2, 0) is 9.53 Å². The molecule has 0 heterocycles. The number of benzene rings is 1. The summed E-state index contributed by atoms with van der Waals surface area (Å²) in [6.07, 6.45) is 1.48. The molecule has 1 rings (SSSR count). The third-order valence-electron chi connectivity index (χ3n) is 2.68. The molecule has 1 amide bonds. The minimum atomic E-state index is -0.549. The fourth-order valence-electron chi connectivity index (χ4n) is 1.69. The molecule has 0 aliphatic carbocycles. The number of aldehydes is 1. The Morgan fingerprint density at radius 2 is 1.95 bits per heavy atom. The highest BCUT2D eigenvalue weighted by atomic mass is 16.6. The molecule has 0 aliphatic heterocycles. The van der Waals surface area contributed by atoms with Gasteiger partial charge in [-0.2, -0.15) is 0 Å². The normalized spacial score (nSPS) is 10.3. The molecule has 0 aromatic heterocycles. The van der Waals surface area contributed by atoms with Crippen molar-refractivity contribution in [2.45, 2.75) is 39.2 Å². The van der Waals surface area contributed by atoms with Crippen molar-refractivity contribution >= 4 is 12.4 Å². The molecule has 0 saturated carbocycles. The molecule has 1 aromatic carbocycles. The zero-order valence-corrected chi connectivity index (χ0v) is 13.5. The lowest BCUT2D eigenvalue weighted by Gasteiger charge is -2.26. The molecule has 118 valence electrons. The van der Waals surface area contributed by atoms with Crippen molar-refractivity contribution in [3.05, 3.63) is 35.9 Å². The van der Waals surface area contributed by atoms with E-state index in [2.05, 4.69) is 11.8 Å². The molecular weight excluding hydrogens is 278 g/mol. The first-order valence-corrected chi connectivity index (χ1v) is 7.38. The van der Waals surface area contributed by atoms with Crippen LogP contribution < -0.4 is 0 Å². The second-order valence-corrected chi connectivity index (χ2v) is 5.88. The van der Waals surface area contributed by atoms with E-state index in [9.17, 15) is 9.59 Å². The molecule has 0 bridgehead atoms. The third kappa shape index (κ3) is 7.49. The summed E-state index contributed by atoms with van der Waals surface area (Å²) in [6.45, 7) is 6.21. The van der Waals surface area contributed by atoms with E-state index in [1.54, 1.807) is 0 Å². The van der Waals surface area contributed by atoms with Crippen LogP contribution in [-0.4, -0.2) is 36.0 Å². The minimum absolute atomic E-state index is 0.280. The minimum Gasteiger partial charge on any atom is -0.444 e. The van der Waals surface area contributed by atoms with E-state index in [0.29, 0.717) is 19.4 Å². The molecule has 0 saturated heterocycles. The highest BCUT2D eigenvalue weighted by molar-refractivity contribution is 5.68. The monoisotopic (exact) mass is 301 g/mol. The van der Waals surface area contributed by atoms with Gasteiger partial charge in [0, 0.05) is 18.5 Å². The van der Waals surface area contributed by atoms with Crippen molar-refractivity contribution in [2.24, 2.45) is 0 Å². The molecule has 22 heavy (non-hydrogen) atoms. The predicted octanol–water partition coefficient (Wildman–Crippen LogP) is 3.25. The summed E-state index contributed by atoms with van der Waals surface area (Å²) in [7, 11) is 0. The number of ether oxygens (including phenoxy) is 1. The topological polar surface area (TPSA) is 46.6 Å². The number of carbonyl (C=O) groups excluding carboxylic acids is 2. The van der Waals surface area contributed by atoms with Crippen LogP contribution in [0.3, 0.4) is 0 Å². The fraction of sp³-hybridized carbons (Fsp3) is 0.444. The lowest BCUT2D eigenvalue weighted by Crippen LogP contribution is -2.37. The van der Waals surface area contributed by atoms with Crippen LogP contribution in [0.25, 0.3) is 0 Å². The summed E-state index contributed by atoms with van der Waals surface area (Å²) in [5.41, 5.74) is 0.354. The van der Waals surface area contributed by atoms with Crippen LogP contribution in [0.15, 0.2) is 30.3 Å². The highest BCUT2D eigenvalue weighted by Crippen LogP contribution is 2.10. The van der Waals surface area contributed by atoms with E-state index in [-0.39, 0.29) is 6.54 Å². The Bertz CT molecular complexity index is 535. The van der Waals surface area contributed by atoms with Crippen LogP contribution in [0.4, 0.5) is 4.79 Å². The number of hydrogen-bond donors (Lipinski definition) is 0. The molecule has 0 unspecified atom stereocenters. The Balaban J connectivity index is 2.67. The van der Waals surface area contributed by atoms with Crippen molar-refractivity contribution in [1.29, 1.82) is 0 Å². The number of hydrogen-bond acceptors (Lipinski definition) is 3. The standard InChI is InChI=1S/C18H23NO3/c1-18(2,3)22-17(21)19(13-7-8-15-20)14-9-12-16-10-5-4-6-11-16/h4-6,10-11,15H,7-8,13-14H2,1-3H3. The largest absolute Gasteiger partial charge is 0.444 e. The first kappa shape index (κ1) is 17.8. The van der Waals surface area contributed by atoms with E-state index >= 15 is 0 Å². The summed E-state index contributed by atoms with van der Waals surface area (Å²) in [4.78, 5) is 24.1. The number of rotatable bonds is 5. The molecule has 0 spiro atoms. The molecule has 0 atom stereocenters. The van der Waals surface area contributed by atoms with Gasteiger partial charge in [0.1, 0.15) is 11.9 Å². The molecule has 0 aliphatic rings. The summed E-state index contributed by atoms with van der Waals surface area (Å²) in [5.74, 6) is 6.00. The molecule has 4 heteroatoms. The lowest BCUT2D eigenvalue weighted by molar-refractivity contribution is -0.108. The van der Waals surface area contributed by atoms with Crippen LogP contribution >= 0.6 is 0 Å². The first-order valence-electron chi connectivity index (χ1n) is 7.38. The van der Waals surface area contributed by atoms with Gasteiger partial charge < -0.3 is 9.53 Å². The quantitative estimate of drug-likeness (QED) is 0.476. The van der Waals surface area contributed by atoms with E-state index < -0.39 is 11.7 Å². The molecule has 1 aromatic rings. The third-order valence-corrected chi connectivity index (χ3v) is 2.68. The molecule has 4 nitrogen and oxygen atoms in total. The van der Waals surface area contributed by atoms with Crippen molar-refractivity contribution in [2.75, 3.05) is 13.1 Å². The summed E-state index contributed by atoms with van der Waals surface area (Å²) in [5, 5.41) is 0. The maximum Gasteiger partial charge on any atom is 0.411 e. The maximum atomic E-state index is 12.1. The van der Waals surface area contributed by atoms with E-state index in [4.69, 9.17) is 4.74 Å². The molecule has 0 N–H and O–H groups in total. The van der Waals surface area contributed by atoms with Crippen LogP contribution in [0, 0.1) is 11.8 Å². The highest BCUT2D eigenvalue weighted by Gasteiger charge is 2.21. The maximum absolute atomic E-state index is 12.1. The Morgan fingerprint density at radius 1 is 1.27 bits per heavy atom. The van der Waals surface area contributed by atoms with Crippen LogP contribution in [0.5, 0.6) is 0 Å². The van der Waals surface area contributed by atoms with Gasteiger partial charge in [0.05, 0.1) is 6.54 Å². The Morgan fingerprint density at radius 3 is 2.55 bits per heavy atom. The Kier molecular flexibility index (Phi) is 7.18. The smallest absolute Gasteiger partial charge is 0.411 e. The SMILES string of the molecule is CC(C)(C)OC(=O)N(CC#Cc1ccccc1)CCCC=O. The number of unbranched alkanes of at least 4 members (excludes halogenated alkanes) is 1. The van der Waals surface area contributed by atoms with Gasteiger partial charge in [-0.1, -0.05) is 30.0 Å². The molecule has 0 fully saturated rings. The average molecular weight is 301 g/mol. The zero-order valence-electron chi connectivity index (χ0n) is 13.5. The average Bonchev–Trinajstić information content (AvgIpc) is 2.45. The summed E-state index contributed by atoms with van der Waals surface area (Å²) < 4.78 is 5.36. The van der Waals surface area contributed by atoms with Gasteiger partial charge in [-0.05, 0) is 39.3 Å². The number of carbonyl (C=O) groups is 2. The van der Waals surface area contributed by atoms with E-state index in [1.165, 1.54) is 4.90 Å². The van der Waals surface area contributed by atoms with Gasteiger partial charge in [0.15, 0.2) is 0 Å². The number of nitrogens with zero attached hydrogens (tertiary/aromatic N) is 1. The van der Waals surface area contributed by atoms with Crippen LogP contribution in [0.2, 0.25) is 0 Å².